The van der Waals surface area contributed by atoms with E-state index in [0.29, 0.717) is 0 Å². The van der Waals surface area contributed by atoms with E-state index >= 15 is 0 Å². The molecule has 18 heavy (non-hydrogen) atoms. The summed E-state index contributed by atoms with van der Waals surface area (Å²) in [7, 11) is 2.76. The summed E-state index contributed by atoms with van der Waals surface area (Å²) in [4.78, 5) is 22.8. The molecular weight excluding hydrogens is 234 g/mol. The lowest BCUT2D eigenvalue weighted by Gasteiger charge is -2.17. The van der Waals surface area contributed by atoms with Crippen LogP contribution in [0.2, 0.25) is 0 Å². The van der Waals surface area contributed by atoms with Gasteiger partial charge in [0.15, 0.2) is 0 Å². The standard InChI is InChI=1S/C13H17NO4/c1-17-9-12(15)14-11(8-13(16)18-2)10-6-4-3-5-7-10/h3-7,11H,8-9H2,1-2H3,(H,14,15)/t11-/m0/s1. The van der Waals surface area contributed by atoms with Crippen molar-refractivity contribution in [1.82, 2.24) is 5.32 Å². The zero-order valence-corrected chi connectivity index (χ0v) is 10.5. The van der Waals surface area contributed by atoms with Gasteiger partial charge in [0.05, 0.1) is 19.6 Å². The van der Waals surface area contributed by atoms with Gasteiger partial charge in [-0.3, -0.25) is 9.59 Å². The summed E-state index contributed by atoms with van der Waals surface area (Å²) in [5.74, 6) is -0.642. The van der Waals surface area contributed by atoms with E-state index in [1.165, 1.54) is 14.2 Å². The van der Waals surface area contributed by atoms with Crippen molar-refractivity contribution in [1.29, 1.82) is 0 Å². The van der Waals surface area contributed by atoms with E-state index in [2.05, 4.69) is 10.1 Å². The number of rotatable bonds is 6. The molecule has 0 saturated heterocycles. The number of hydrogen-bond donors (Lipinski definition) is 1. The van der Waals surface area contributed by atoms with E-state index in [9.17, 15) is 9.59 Å². The Bertz CT molecular complexity index is 391. The summed E-state index contributed by atoms with van der Waals surface area (Å²) in [5.41, 5.74) is 0.854. The van der Waals surface area contributed by atoms with Crippen molar-refractivity contribution in [2.45, 2.75) is 12.5 Å². The molecule has 1 aromatic carbocycles. The maximum absolute atomic E-state index is 11.5. The molecule has 0 aliphatic carbocycles. The van der Waals surface area contributed by atoms with Gasteiger partial charge in [0, 0.05) is 7.11 Å². The van der Waals surface area contributed by atoms with Crippen molar-refractivity contribution in [2.24, 2.45) is 0 Å². The van der Waals surface area contributed by atoms with Gasteiger partial charge in [0.25, 0.3) is 0 Å². The maximum Gasteiger partial charge on any atom is 0.307 e. The summed E-state index contributed by atoms with van der Waals surface area (Å²) in [6, 6.07) is 8.86. The monoisotopic (exact) mass is 251 g/mol. The minimum Gasteiger partial charge on any atom is -0.469 e. The summed E-state index contributed by atoms with van der Waals surface area (Å²) >= 11 is 0. The summed E-state index contributed by atoms with van der Waals surface area (Å²) in [6.07, 6.45) is 0.0932. The molecule has 98 valence electrons. The predicted molar refractivity (Wildman–Crippen MR) is 65.8 cm³/mol. The van der Waals surface area contributed by atoms with Crippen molar-refractivity contribution in [3.63, 3.8) is 0 Å². The third-order valence-electron chi connectivity index (χ3n) is 2.41. The van der Waals surface area contributed by atoms with Crippen LogP contribution < -0.4 is 5.32 Å². The first-order valence-corrected chi connectivity index (χ1v) is 5.57. The van der Waals surface area contributed by atoms with Gasteiger partial charge in [0.2, 0.25) is 5.91 Å². The van der Waals surface area contributed by atoms with Gasteiger partial charge >= 0.3 is 5.97 Å². The van der Waals surface area contributed by atoms with Gasteiger partial charge in [-0.1, -0.05) is 30.3 Å². The second-order valence-corrected chi connectivity index (χ2v) is 3.74. The molecule has 5 heteroatoms. The molecule has 5 nitrogen and oxygen atoms in total. The fraction of sp³-hybridized carbons (Fsp3) is 0.385. The van der Waals surface area contributed by atoms with Crippen LogP contribution in [0.4, 0.5) is 0 Å². The summed E-state index contributed by atoms with van der Waals surface area (Å²) in [5, 5.41) is 2.73. The highest BCUT2D eigenvalue weighted by atomic mass is 16.5. The molecule has 0 fully saturated rings. The minimum atomic E-state index is -0.402. The fourth-order valence-corrected chi connectivity index (χ4v) is 1.55. The molecule has 0 heterocycles. The Kier molecular flexibility index (Phi) is 5.87. The van der Waals surface area contributed by atoms with Crippen molar-refractivity contribution in [3.05, 3.63) is 35.9 Å². The number of hydrogen-bond acceptors (Lipinski definition) is 4. The lowest BCUT2D eigenvalue weighted by atomic mass is 10.0. The van der Waals surface area contributed by atoms with Crippen LogP contribution in [-0.2, 0) is 19.1 Å². The van der Waals surface area contributed by atoms with Crippen molar-refractivity contribution in [3.8, 4) is 0 Å². The molecule has 0 aliphatic heterocycles. The fourth-order valence-electron chi connectivity index (χ4n) is 1.55. The third-order valence-corrected chi connectivity index (χ3v) is 2.41. The number of amides is 1. The number of ether oxygens (including phenoxy) is 2. The van der Waals surface area contributed by atoms with Crippen LogP contribution in [0.25, 0.3) is 0 Å². The number of esters is 1. The Morgan fingerprint density at radius 3 is 2.44 bits per heavy atom. The Morgan fingerprint density at radius 2 is 1.89 bits per heavy atom. The first kappa shape index (κ1) is 14.2. The second kappa shape index (κ2) is 7.45. The normalized spacial score (nSPS) is 11.7. The zero-order valence-electron chi connectivity index (χ0n) is 10.5. The SMILES string of the molecule is COCC(=O)N[C@@H](CC(=O)OC)c1ccccc1. The second-order valence-electron chi connectivity index (χ2n) is 3.74. The molecule has 1 amide bonds. The van der Waals surface area contributed by atoms with Crippen molar-refractivity contribution < 1.29 is 19.1 Å². The van der Waals surface area contributed by atoms with Crippen LogP contribution in [-0.4, -0.2) is 32.7 Å². The number of carbonyl (C=O) groups excluding carboxylic acids is 2. The molecular formula is C13H17NO4. The van der Waals surface area contributed by atoms with Crippen LogP contribution in [0, 0.1) is 0 Å². The molecule has 0 spiro atoms. The van der Waals surface area contributed by atoms with Crippen molar-refractivity contribution >= 4 is 11.9 Å². The molecule has 0 bridgehead atoms. The molecule has 0 radical (unpaired) electrons. The first-order valence-electron chi connectivity index (χ1n) is 5.57. The van der Waals surface area contributed by atoms with Crippen LogP contribution >= 0.6 is 0 Å². The van der Waals surface area contributed by atoms with E-state index in [1.54, 1.807) is 0 Å². The van der Waals surface area contributed by atoms with Gasteiger partial charge in [-0.15, -0.1) is 0 Å². The smallest absolute Gasteiger partial charge is 0.307 e. The topological polar surface area (TPSA) is 64.6 Å². The molecule has 0 aromatic heterocycles. The van der Waals surface area contributed by atoms with Crippen LogP contribution in [0.1, 0.15) is 18.0 Å². The first-order chi connectivity index (χ1) is 8.67. The van der Waals surface area contributed by atoms with E-state index in [1.807, 2.05) is 30.3 Å². The Morgan fingerprint density at radius 1 is 1.22 bits per heavy atom. The highest BCUT2D eigenvalue weighted by Gasteiger charge is 2.18. The van der Waals surface area contributed by atoms with E-state index in [-0.39, 0.29) is 24.9 Å². The molecule has 1 aromatic rings. The Balaban J connectivity index is 2.75. The van der Waals surface area contributed by atoms with E-state index in [0.717, 1.165) is 5.56 Å². The van der Waals surface area contributed by atoms with Gasteiger partial charge in [-0.05, 0) is 5.56 Å². The predicted octanol–water partition coefficient (Wildman–Crippen LogP) is 1.05. The quantitative estimate of drug-likeness (QED) is 0.768. The van der Waals surface area contributed by atoms with E-state index < -0.39 is 6.04 Å². The van der Waals surface area contributed by atoms with Gasteiger partial charge in [-0.25, -0.2) is 0 Å². The van der Waals surface area contributed by atoms with Gasteiger partial charge in [-0.2, -0.15) is 0 Å². The van der Waals surface area contributed by atoms with Crippen LogP contribution in [0.3, 0.4) is 0 Å². The molecule has 0 saturated carbocycles. The average molecular weight is 251 g/mol. The maximum atomic E-state index is 11.5. The van der Waals surface area contributed by atoms with Crippen molar-refractivity contribution in [2.75, 3.05) is 20.8 Å². The molecule has 0 unspecified atom stereocenters. The largest absolute Gasteiger partial charge is 0.469 e. The summed E-state index contributed by atoms with van der Waals surface area (Å²) < 4.78 is 9.37. The zero-order chi connectivity index (χ0) is 13.4. The minimum absolute atomic E-state index is 0.0372. The molecule has 0 aliphatic rings. The Labute approximate surface area is 106 Å². The van der Waals surface area contributed by atoms with Crippen LogP contribution in [0.15, 0.2) is 30.3 Å². The molecule has 1 N–H and O–H groups in total. The number of benzene rings is 1. The van der Waals surface area contributed by atoms with Gasteiger partial charge in [0.1, 0.15) is 6.61 Å². The highest BCUT2D eigenvalue weighted by Crippen LogP contribution is 2.16. The summed E-state index contributed by atoms with van der Waals surface area (Å²) in [6.45, 7) is -0.0372. The third kappa shape index (κ3) is 4.55. The van der Waals surface area contributed by atoms with Crippen LogP contribution in [0.5, 0.6) is 0 Å². The molecule has 1 rings (SSSR count). The number of methoxy groups -OCH3 is 2. The highest BCUT2D eigenvalue weighted by molar-refractivity contribution is 5.79. The lowest BCUT2D eigenvalue weighted by Crippen LogP contribution is -2.32. The number of nitrogens with one attached hydrogen (secondary N) is 1. The Hall–Kier alpha value is -1.88. The average Bonchev–Trinajstić information content (AvgIpc) is 2.39. The van der Waals surface area contributed by atoms with E-state index in [4.69, 9.17) is 4.74 Å². The lowest BCUT2D eigenvalue weighted by molar-refractivity contribution is -0.141. The number of carbonyl (C=O) groups is 2. The molecule has 1 atom stereocenters. The van der Waals surface area contributed by atoms with Gasteiger partial charge < -0.3 is 14.8 Å².